The standard InChI is InChI=1S/C14H12.C4H4O/c1-3-7-13-11(5-1)9-10-12-6-2-4-8-14(12)13;1-2-4-5-3-1/h1,3-5,7-10H,2,6H2;1-4H. The van der Waals surface area contributed by atoms with Crippen molar-refractivity contribution in [2.75, 3.05) is 0 Å². The summed E-state index contributed by atoms with van der Waals surface area (Å²) in [5, 5.41) is 2.73. The summed E-state index contributed by atoms with van der Waals surface area (Å²) >= 11 is 0. The van der Waals surface area contributed by atoms with Crippen molar-refractivity contribution in [1.29, 1.82) is 0 Å². The molecular formula is C18H16O. The summed E-state index contributed by atoms with van der Waals surface area (Å²) in [6, 6.07) is 16.8. The molecule has 1 heterocycles. The van der Waals surface area contributed by atoms with Crippen LogP contribution in [0.5, 0.6) is 0 Å². The summed E-state index contributed by atoms with van der Waals surface area (Å²) in [4.78, 5) is 0. The van der Waals surface area contributed by atoms with E-state index in [9.17, 15) is 0 Å². The third-order valence-electron chi connectivity index (χ3n) is 3.35. The number of hydrogen-bond donors (Lipinski definition) is 0. The lowest BCUT2D eigenvalue weighted by atomic mass is 9.92. The monoisotopic (exact) mass is 248 g/mol. The van der Waals surface area contributed by atoms with Gasteiger partial charge in [0.25, 0.3) is 0 Å². The first-order valence-corrected chi connectivity index (χ1v) is 6.59. The van der Waals surface area contributed by atoms with E-state index in [1.54, 1.807) is 12.5 Å². The van der Waals surface area contributed by atoms with E-state index in [4.69, 9.17) is 0 Å². The van der Waals surface area contributed by atoms with Gasteiger partial charge in [0, 0.05) is 0 Å². The van der Waals surface area contributed by atoms with Gasteiger partial charge in [-0.3, -0.25) is 0 Å². The molecule has 0 saturated carbocycles. The zero-order valence-electron chi connectivity index (χ0n) is 10.8. The highest BCUT2D eigenvalue weighted by molar-refractivity contribution is 5.92. The second-order valence-corrected chi connectivity index (χ2v) is 4.59. The van der Waals surface area contributed by atoms with E-state index in [2.05, 4.69) is 53.0 Å². The van der Waals surface area contributed by atoms with Gasteiger partial charge >= 0.3 is 0 Å². The van der Waals surface area contributed by atoms with E-state index >= 15 is 0 Å². The van der Waals surface area contributed by atoms with Crippen LogP contribution in [-0.2, 0) is 6.42 Å². The third kappa shape index (κ3) is 2.60. The molecule has 0 aliphatic heterocycles. The lowest BCUT2D eigenvalue weighted by Crippen LogP contribution is -1.94. The normalized spacial score (nSPS) is 12.6. The van der Waals surface area contributed by atoms with Crippen LogP contribution in [0.4, 0.5) is 0 Å². The molecule has 0 fully saturated rings. The lowest BCUT2D eigenvalue weighted by molar-refractivity contribution is 0.567. The van der Waals surface area contributed by atoms with Crippen LogP contribution in [0.15, 0.2) is 71.6 Å². The minimum Gasteiger partial charge on any atom is -0.473 e. The molecule has 94 valence electrons. The van der Waals surface area contributed by atoms with Gasteiger partial charge in [-0.1, -0.05) is 48.6 Å². The Morgan fingerprint density at radius 1 is 0.842 bits per heavy atom. The Labute approximate surface area is 113 Å². The van der Waals surface area contributed by atoms with Gasteiger partial charge in [-0.2, -0.15) is 0 Å². The molecular weight excluding hydrogens is 232 g/mol. The summed E-state index contributed by atoms with van der Waals surface area (Å²) in [5.74, 6) is 0. The molecule has 0 spiro atoms. The van der Waals surface area contributed by atoms with Crippen LogP contribution in [-0.4, -0.2) is 0 Å². The molecule has 2 aromatic carbocycles. The van der Waals surface area contributed by atoms with Gasteiger partial charge in [0.2, 0.25) is 0 Å². The van der Waals surface area contributed by atoms with Crippen molar-refractivity contribution in [3.8, 4) is 0 Å². The van der Waals surface area contributed by atoms with E-state index < -0.39 is 0 Å². The van der Waals surface area contributed by atoms with Crippen LogP contribution in [0.25, 0.3) is 16.8 Å². The van der Waals surface area contributed by atoms with E-state index in [-0.39, 0.29) is 0 Å². The van der Waals surface area contributed by atoms with Gasteiger partial charge in [-0.15, -0.1) is 0 Å². The fourth-order valence-corrected chi connectivity index (χ4v) is 2.42. The second kappa shape index (κ2) is 5.57. The molecule has 0 radical (unpaired) electrons. The number of benzene rings is 2. The maximum atomic E-state index is 4.58. The second-order valence-electron chi connectivity index (χ2n) is 4.59. The first-order chi connectivity index (χ1) is 9.45. The maximum Gasteiger partial charge on any atom is 0.0902 e. The highest BCUT2D eigenvalue weighted by Crippen LogP contribution is 2.27. The van der Waals surface area contributed by atoms with Crippen molar-refractivity contribution in [2.45, 2.75) is 12.8 Å². The van der Waals surface area contributed by atoms with E-state index in [0.717, 1.165) is 0 Å². The minimum absolute atomic E-state index is 1.19. The Balaban J connectivity index is 0.000000187. The molecule has 1 aromatic heterocycles. The summed E-state index contributed by atoms with van der Waals surface area (Å²) < 4.78 is 4.58. The molecule has 3 aromatic rings. The Morgan fingerprint density at radius 3 is 2.47 bits per heavy atom. The summed E-state index contributed by atoms with van der Waals surface area (Å²) in [6.45, 7) is 0. The van der Waals surface area contributed by atoms with Crippen molar-refractivity contribution < 1.29 is 4.42 Å². The van der Waals surface area contributed by atoms with E-state index in [1.807, 2.05) is 12.1 Å². The van der Waals surface area contributed by atoms with Gasteiger partial charge in [0.1, 0.15) is 0 Å². The van der Waals surface area contributed by atoms with E-state index in [0.29, 0.717) is 0 Å². The van der Waals surface area contributed by atoms with Crippen molar-refractivity contribution in [3.05, 3.63) is 78.3 Å². The van der Waals surface area contributed by atoms with Crippen LogP contribution in [0.1, 0.15) is 17.5 Å². The molecule has 0 amide bonds. The topological polar surface area (TPSA) is 13.1 Å². The predicted molar refractivity (Wildman–Crippen MR) is 80.0 cm³/mol. The molecule has 0 unspecified atom stereocenters. The van der Waals surface area contributed by atoms with Crippen molar-refractivity contribution in [1.82, 2.24) is 0 Å². The van der Waals surface area contributed by atoms with Crippen molar-refractivity contribution >= 4 is 16.8 Å². The summed E-state index contributed by atoms with van der Waals surface area (Å²) in [6.07, 6.45) is 10.2. The number of hydrogen-bond acceptors (Lipinski definition) is 1. The third-order valence-corrected chi connectivity index (χ3v) is 3.35. The van der Waals surface area contributed by atoms with Gasteiger partial charge < -0.3 is 4.42 Å². The van der Waals surface area contributed by atoms with E-state index in [1.165, 1.54) is 34.7 Å². The number of rotatable bonds is 0. The Hall–Kier alpha value is -2.28. The van der Waals surface area contributed by atoms with Crippen LogP contribution in [0.2, 0.25) is 0 Å². The largest absolute Gasteiger partial charge is 0.473 e. The zero-order chi connectivity index (χ0) is 12.9. The molecule has 0 atom stereocenters. The molecule has 19 heavy (non-hydrogen) atoms. The molecule has 1 aliphatic carbocycles. The zero-order valence-corrected chi connectivity index (χ0v) is 10.8. The van der Waals surface area contributed by atoms with Crippen LogP contribution < -0.4 is 0 Å². The van der Waals surface area contributed by atoms with Crippen LogP contribution in [0, 0.1) is 0 Å². The molecule has 1 nitrogen and oxygen atoms in total. The Bertz CT molecular complexity index is 661. The highest BCUT2D eigenvalue weighted by atomic mass is 16.3. The van der Waals surface area contributed by atoms with Crippen molar-refractivity contribution in [2.24, 2.45) is 0 Å². The summed E-state index contributed by atoms with van der Waals surface area (Å²) in [5.41, 5.74) is 2.92. The summed E-state index contributed by atoms with van der Waals surface area (Å²) in [7, 11) is 0. The quantitative estimate of drug-likeness (QED) is 0.540. The fourth-order valence-electron chi connectivity index (χ4n) is 2.42. The molecule has 1 aliphatic rings. The van der Waals surface area contributed by atoms with Crippen molar-refractivity contribution in [3.63, 3.8) is 0 Å². The van der Waals surface area contributed by atoms with Crippen LogP contribution >= 0.6 is 0 Å². The van der Waals surface area contributed by atoms with Gasteiger partial charge in [0.15, 0.2) is 0 Å². The van der Waals surface area contributed by atoms with Gasteiger partial charge in [-0.25, -0.2) is 0 Å². The highest BCUT2D eigenvalue weighted by Gasteiger charge is 2.06. The molecule has 4 rings (SSSR count). The Morgan fingerprint density at radius 2 is 1.68 bits per heavy atom. The number of aryl methyl sites for hydroxylation is 1. The van der Waals surface area contributed by atoms with Gasteiger partial charge in [0.05, 0.1) is 12.5 Å². The van der Waals surface area contributed by atoms with Gasteiger partial charge in [-0.05, 0) is 46.9 Å². The molecule has 0 N–H and O–H groups in total. The van der Waals surface area contributed by atoms with Crippen LogP contribution in [0.3, 0.4) is 0 Å². The lowest BCUT2D eigenvalue weighted by Gasteiger charge is -2.12. The average molecular weight is 248 g/mol. The average Bonchev–Trinajstić information content (AvgIpc) is 3.07. The minimum atomic E-state index is 1.19. The first-order valence-electron chi connectivity index (χ1n) is 6.59. The molecule has 0 bridgehead atoms. The predicted octanol–water partition coefficient (Wildman–Crippen LogP) is 5.08. The maximum absolute atomic E-state index is 4.58. The number of furan rings is 1. The SMILES string of the molecule is C1=Cc2c(ccc3ccccc23)CC1.c1ccoc1. The molecule has 1 heteroatoms. The smallest absolute Gasteiger partial charge is 0.0902 e. The Kier molecular flexibility index (Phi) is 3.46. The first kappa shape index (κ1) is 11.8. The number of allylic oxidation sites excluding steroid dienone is 1. The molecule has 0 saturated heterocycles. The fraction of sp³-hybridized carbons (Fsp3) is 0.111. The number of fused-ring (bicyclic) bond motifs is 3.